The number of anilines is 1. The SMILES string of the molecule is CCOc1ccc(N2C(=O)CN(C(C)c3ccccc3)C3CS(=O)(=O)CC32)cc1. The van der Waals surface area contributed by atoms with E-state index in [1.165, 1.54) is 0 Å². The minimum Gasteiger partial charge on any atom is -0.494 e. The first-order valence-corrected chi connectivity index (χ1v) is 11.8. The van der Waals surface area contributed by atoms with E-state index in [-0.39, 0.29) is 42.1 Å². The van der Waals surface area contributed by atoms with Crippen LogP contribution in [0.5, 0.6) is 5.75 Å². The first-order valence-electron chi connectivity index (χ1n) is 9.95. The van der Waals surface area contributed by atoms with Crippen molar-refractivity contribution in [3.63, 3.8) is 0 Å². The number of rotatable bonds is 5. The third kappa shape index (κ3) is 3.89. The van der Waals surface area contributed by atoms with Gasteiger partial charge in [-0.05, 0) is 43.7 Å². The zero-order valence-electron chi connectivity index (χ0n) is 16.7. The van der Waals surface area contributed by atoms with Crippen molar-refractivity contribution in [1.82, 2.24) is 4.90 Å². The quantitative estimate of drug-likeness (QED) is 0.753. The predicted octanol–water partition coefficient (Wildman–Crippen LogP) is 2.66. The van der Waals surface area contributed by atoms with Crippen LogP contribution >= 0.6 is 0 Å². The molecular weight excluding hydrogens is 388 g/mol. The Balaban J connectivity index is 1.66. The van der Waals surface area contributed by atoms with Crippen LogP contribution < -0.4 is 9.64 Å². The second-order valence-electron chi connectivity index (χ2n) is 7.66. The van der Waals surface area contributed by atoms with Crippen molar-refractivity contribution >= 4 is 21.4 Å². The van der Waals surface area contributed by atoms with E-state index in [1.54, 1.807) is 4.90 Å². The fraction of sp³-hybridized carbons (Fsp3) is 0.409. The molecule has 0 saturated carbocycles. The molecule has 0 radical (unpaired) electrons. The summed E-state index contributed by atoms with van der Waals surface area (Å²) in [6, 6.07) is 16.6. The molecule has 2 aromatic rings. The van der Waals surface area contributed by atoms with Gasteiger partial charge in [-0.3, -0.25) is 9.69 Å². The first kappa shape index (κ1) is 19.9. The van der Waals surface area contributed by atoms with Crippen LogP contribution in [0.2, 0.25) is 0 Å². The Hall–Kier alpha value is -2.38. The fourth-order valence-corrected chi connectivity index (χ4v) is 6.42. The number of piperazine rings is 1. The van der Waals surface area contributed by atoms with Gasteiger partial charge in [0.1, 0.15) is 5.75 Å². The number of nitrogens with zero attached hydrogens (tertiary/aromatic N) is 2. The minimum atomic E-state index is -3.22. The molecular formula is C22H26N2O4S. The van der Waals surface area contributed by atoms with Crippen molar-refractivity contribution in [2.75, 3.05) is 29.6 Å². The summed E-state index contributed by atoms with van der Waals surface area (Å²) in [6.07, 6.45) is 0. The molecule has 0 spiro atoms. The summed E-state index contributed by atoms with van der Waals surface area (Å²) in [7, 11) is -3.22. The van der Waals surface area contributed by atoms with Gasteiger partial charge in [0.25, 0.3) is 0 Å². The van der Waals surface area contributed by atoms with Gasteiger partial charge in [0.15, 0.2) is 9.84 Å². The van der Waals surface area contributed by atoms with Crippen molar-refractivity contribution < 1.29 is 17.9 Å². The Morgan fingerprint density at radius 2 is 1.69 bits per heavy atom. The van der Waals surface area contributed by atoms with Crippen molar-refractivity contribution in [2.24, 2.45) is 0 Å². The Morgan fingerprint density at radius 3 is 2.34 bits per heavy atom. The number of benzene rings is 2. The lowest BCUT2D eigenvalue weighted by Crippen LogP contribution is -2.62. The topological polar surface area (TPSA) is 66.9 Å². The second-order valence-corrected chi connectivity index (χ2v) is 9.82. The Labute approximate surface area is 172 Å². The van der Waals surface area contributed by atoms with Gasteiger partial charge in [-0.25, -0.2) is 8.42 Å². The molecule has 29 heavy (non-hydrogen) atoms. The third-order valence-corrected chi connectivity index (χ3v) is 7.54. The van der Waals surface area contributed by atoms with Gasteiger partial charge in [-0.1, -0.05) is 30.3 Å². The van der Waals surface area contributed by atoms with Crippen molar-refractivity contribution in [3.8, 4) is 5.75 Å². The van der Waals surface area contributed by atoms with Crippen LogP contribution in [0.4, 0.5) is 5.69 Å². The lowest BCUT2D eigenvalue weighted by atomic mass is 9.98. The molecule has 2 aromatic carbocycles. The van der Waals surface area contributed by atoms with Gasteiger partial charge in [0.05, 0.1) is 30.7 Å². The maximum absolute atomic E-state index is 13.2. The zero-order valence-corrected chi connectivity index (χ0v) is 17.5. The van der Waals surface area contributed by atoms with Gasteiger partial charge >= 0.3 is 0 Å². The molecule has 0 N–H and O–H groups in total. The van der Waals surface area contributed by atoms with E-state index in [4.69, 9.17) is 4.74 Å². The molecule has 2 aliphatic heterocycles. The van der Waals surface area contributed by atoms with Gasteiger partial charge in [-0.2, -0.15) is 0 Å². The molecule has 4 rings (SSSR count). The number of carbonyl (C=O) groups excluding carboxylic acids is 1. The van der Waals surface area contributed by atoms with Crippen LogP contribution in [-0.2, 0) is 14.6 Å². The van der Waals surface area contributed by atoms with Crippen LogP contribution in [0.25, 0.3) is 0 Å². The predicted molar refractivity (Wildman–Crippen MR) is 113 cm³/mol. The normalized spacial score (nSPS) is 24.9. The molecule has 0 bridgehead atoms. The summed E-state index contributed by atoms with van der Waals surface area (Å²) in [5.41, 5.74) is 1.80. The first-order chi connectivity index (χ1) is 13.9. The van der Waals surface area contributed by atoms with E-state index in [0.29, 0.717) is 6.61 Å². The van der Waals surface area contributed by atoms with Gasteiger partial charge in [0, 0.05) is 17.8 Å². The van der Waals surface area contributed by atoms with E-state index in [1.807, 2.05) is 68.4 Å². The molecule has 154 valence electrons. The molecule has 7 heteroatoms. The van der Waals surface area contributed by atoms with E-state index < -0.39 is 9.84 Å². The maximum Gasteiger partial charge on any atom is 0.241 e. The molecule has 2 aliphatic rings. The van der Waals surface area contributed by atoms with Crippen LogP contribution in [-0.4, -0.2) is 56.0 Å². The summed E-state index contributed by atoms with van der Waals surface area (Å²) in [4.78, 5) is 16.9. The van der Waals surface area contributed by atoms with Crippen molar-refractivity contribution in [1.29, 1.82) is 0 Å². The zero-order chi connectivity index (χ0) is 20.6. The lowest BCUT2D eigenvalue weighted by Gasteiger charge is -2.46. The number of hydrogen-bond acceptors (Lipinski definition) is 5. The van der Waals surface area contributed by atoms with Gasteiger partial charge in [0.2, 0.25) is 5.91 Å². The van der Waals surface area contributed by atoms with Crippen LogP contribution in [0.15, 0.2) is 54.6 Å². The highest BCUT2D eigenvalue weighted by atomic mass is 32.2. The number of fused-ring (bicyclic) bond motifs is 1. The number of carbonyl (C=O) groups is 1. The second kappa shape index (κ2) is 7.80. The average molecular weight is 415 g/mol. The average Bonchev–Trinajstić information content (AvgIpc) is 3.03. The molecule has 1 amide bonds. The summed E-state index contributed by atoms with van der Waals surface area (Å²) < 4.78 is 30.6. The van der Waals surface area contributed by atoms with Crippen LogP contribution in [0, 0.1) is 0 Å². The Bertz CT molecular complexity index is 976. The number of sulfone groups is 1. The highest BCUT2D eigenvalue weighted by Crippen LogP contribution is 2.36. The third-order valence-electron chi connectivity index (χ3n) is 5.84. The standard InChI is InChI=1S/C22H26N2O4S/c1-3-28-19-11-9-18(10-12-19)24-21-15-29(26,27)14-20(21)23(13-22(24)25)16(2)17-7-5-4-6-8-17/h4-12,16,20-21H,3,13-15H2,1-2H3. The smallest absolute Gasteiger partial charge is 0.241 e. The molecule has 2 heterocycles. The van der Waals surface area contributed by atoms with E-state index >= 15 is 0 Å². The number of ether oxygens (including phenoxy) is 1. The van der Waals surface area contributed by atoms with Crippen molar-refractivity contribution in [2.45, 2.75) is 32.0 Å². The Kier molecular flexibility index (Phi) is 5.36. The maximum atomic E-state index is 13.2. The number of hydrogen-bond donors (Lipinski definition) is 0. The highest BCUT2D eigenvalue weighted by Gasteiger charge is 2.50. The monoisotopic (exact) mass is 414 g/mol. The fourth-order valence-electron chi connectivity index (χ4n) is 4.46. The summed E-state index contributed by atoms with van der Waals surface area (Å²) in [5, 5.41) is 0. The van der Waals surface area contributed by atoms with Crippen LogP contribution in [0.3, 0.4) is 0 Å². The molecule has 2 fully saturated rings. The number of amides is 1. The Morgan fingerprint density at radius 1 is 1.03 bits per heavy atom. The minimum absolute atomic E-state index is 0.00533. The molecule has 3 atom stereocenters. The van der Waals surface area contributed by atoms with Crippen LogP contribution in [0.1, 0.15) is 25.5 Å². The highest BCUT2D eigenvalue weighted by molar-refractivity contribution is 7.91. The molecule has 2 saturated heterocycles. The molecule has 0 aliphatic carbocycles. The van der Waals surface area contributed by atoms with Gasteiger partial charge < -0.3 is 9.64 Å². The van der Waals surface area contributed by atoms with Crippen molar-refractivity contribution in [3.05, 3.63) is 60.2 Å². The van der Waals surface area contributed by atoms with E-state index in [9.17, 15) is 13.2 Å². The summed E-state index contributed by atoms with van der Waals surface area (Å²) >= 11 is 0. The lowest BCUT2D eigenvalue weighted by molar-refractivity contribution is -0.124. The summed E-state index contributed by atoms with van der Waals surface area (Å²) in [6.45, 7) is 4.72. The molecule has 0 aromatic heterocycles. The summed E-state index contributed by atoms with van der Waals surface area (Å²) in [5.74, 6) is 0.732. The van der Waals surface area contributed by atoms with E-state index in [0.717, 1.165) is 17.0 Å². The molecule has 3 unspecified atom stereocenters. The van der Waals surface area contributed by atoms with Gasteiger partial charge in [-0.15, -0.1) is 0 Å². The largest absolute Gasteiger partial charge is 0.494 e. The molecule has 6 nitrogen and oxygen atoms in total. The van der Waals surface area contributed by atoms with E-state index in [2.05, 4.69) is 4.90 Å².